The normalized spacial score (nSPS) is 11.3. The molecule has 0 atom stereocenters. The summed E-state index contributed by atoms with van der Waals surface area (Å²) in [5, 5.41) is 2.70. The fourth-order valence-corrected chi connectivity index (χ4v) is 1.14. The highest BCUT2D eigenvalue weighted by Gasteiger charge is 2.21. The SMILES string of the molecule is CC(C)(N)C(=O)Nc1cc(F)cc(Cl)c1. The monoisotopic (exact) mass is 230 g/mol. The molecule has 0 unspecified atom stereocenters. The van der Waals surface area contributed by atoms with Crippen LogP contribution in [0.25, 0.3) is 0 Å². The number of halogens is 2. The van der Waals surface area contributed by atoms with E-state index < -0.39 is 17.3 Å². The maximum Gasteiger partial charge on any atom is 0.243 e. The van der Waals surface area contributed by atoms with Crippen molar-refractivity contribution in [3.63, 3.8) is 0 Å². The lowest BCUT2D eigenvalue weighted by molar-refractivity contribution is -0.120. The van der Waals surface area contributed by atoms with Crippen molar-refractivity contribution in [3.8, 4) is 0 Å². The van der Waals surface area contributed by atoms with E-state index in [9.17, 15) is 9.18 Å². The number of nitrogens with one attached hydrogen (secondary N) is 1. The molecule has 1 aromatic carbocycles. The number of nitrogens with two attached hydrogens (primary N) is 1. The van der Waals surface area contributed by atoms with Crippen molar-refractivity contribution in [3.05, 3.63) is 29.0 Å². The van der Waals surface area contributed by atoms with Gasteiger partial charge < -0.3 is 11.1 Å². The molecule has 3 N–H and O–H groups in total. The third-order valence-electron chi connectivity index (χ3n) is 1.71. The maximum atomic E-state index is 12.9. The Morgan fingerprint density at radius 2 is 2.07 bits per heavy atom. The summed E-state index contributed by atoms with van der Waals surface area (Å²) in [5.41, 5.74) is 4.84. The first-order valence-electron chi connectivity index (χ1n) is 4.35. The van der Waals surface area contributed by atoms with Crippen LogP contribution in [0.2, 0.25) is 5.02 Å². The molecule has 1 rings (SSSR count). The fourth-order valence-electron chi connectivity index (χ4n) is 0.918. The second-order valence-corrected chi connectivity index (χ2v) is 4.27. The summed E-state index contributed by atoms with van der Waals surface area (Å²) in [6.07, 6.45) is 0. The number of hydrogen-bond donors (Lipinski definition) is 2. The second kappa shape index (κ2) is 4.16. The first kappa shape index (κ1) is 11.9. The number of carbonyl (C=O) groups is 1. The summed E-state index contributed by atoms with van der Waals surface area (Å²) in [4.78, 5) is 11.5. The van der Waals surface area contributed by atoms with Gasteiger partial charge in [-0.1, -0.05) is 11.6 Å². The molecule has 0 fully saturated rings. The summed E-state index contributed by atoms with van der Waals surface area (Å²) < 4.78 is 12.9. The quantitative estimate of drug-likeness (QED) is 0.818. The zero-order valence-corrected chi connectivity index (χ0v) is 9.23. The van der Waals surface area contributed by atoms with E-state index in [0.717, 1.165) is 6.07 Å². The van der Waals surface area contributed by atoms with Crippen LogP contribution < -0.4 is 11.1 Å². The van der Waals surface area contributed by atoms with Crippen molar-refractivity contribution in [2.75, 3.05) is 5.32 Å². The molecule has 0 aliphatic rings. The third-order valence-corrected chi connectivity index (χ3v) is 1.92. The average molecular weight is 231 g/mol. The van der Waals surface area contributed by atoms with Gasteiger partial charge in [0.15, 0.2) is 0 Å². The minimum atomic E-state index is -1.02. The molecular formula is C10H12ClFN2O. The van der Waals surface area contributed by atoms with E-state index >= 15 is 0 Å². The highest BCUT2D eigenvalue weighted by molar-refractivity contribution is 6.30. The van der Waals surface area contributed by atoms with E-state index in [4.69, 9.17) is 17.3 Å². The molecule has 0 radical (unpaired) electrons. The first-order valence-corrected chi connectivity index (χ1v) is 4.73. The molecule has 0 aliphatic carbocycles. The van der Waals surface area contributed by atoms with Crippen LogP contribution in [-0.4, -0.2) is 11.4 Å². The highest BCUT2D eigenvalue weighted by atomic mass is 35.5. The Morgan fingerprint density at radius 1 is 1.47 bits per heavy atom. The molecule has 0 bridgehead atoms. The van der Waals surface area contributed by atoms with Gasteiger partial charge in [-0.05, 0) is 32.0 Å². The van der Waals surface area contributed by atoms with Crippen molar-refractivity contribution >= 4 is 23.2 Å². The molecule has 0 aromatic heterocycles. The lowest BCUT2D eigenvalue weighted by Crippen LogP contribution is -2.45. The number of benzene rings is 1. The summed E-state index contributed by atoms with van der Waals surface area (Å²) in [6, 6.07) is 3.79. The maximum absolute atomic E-state index is 12.9. The van der Waals surface area contributed by atoms with E-state index in [1.54, 1.807) is 13.8 Å². The van der Waals surface area contributed by atoms with Crippen LogP contribution in [0.5, 0.6) is 0 Å². The second-order valence-electron chi connectivity index (χ2n) is 3.83. The Hall–Kier alpha value is -1.13. The van der Waals surface area contributed by atoms with Crippen LogP contribution in [0, 0.1) is 5.82 Å². The standard InChI is InChI=1S/C10H12ClFN2O/c1-10(2,13)9(15)14-8-4-6(11)3-7(12)5-8/h3-5H,13H2,1-2H3,(H,14,15). The topological polar surface area (TPSA) is 55.1 Å². The predicted octanol–water partition coefficient (Wildman–Crippen LogP) is 2.15. The molecule has 1 amide bonds. The van der Waals surface area contributed by atoms with Gasteiger partial charge in [0.1, 0.15) is 5.82 Å². The van der Waals surface area contributed by atoms with Gasteiger partial charge in [-0.15, -0.1) is 0 Å². The Balaban J connectivity index is 2.86. The van der Waals surface area contributed by atoms with E-state index in [0.29, 0.717) is 5.69 Å². The Morgan fingerprint density at radius 3 is 2.53 bits per heavy atom. The third kappa shape index (κ3) is 3.49. The number of carbonyl (C=O) groups excluding carboxylic acids is 1. The summed E-state index contributed by atoms with van der Waals surface area (Å²) in [5.74, 6) is -0.906. The highest BCUT2D eigenvalue weighted by Crippen LogP contribution is 2.18. The molecule has 0 saturated carbocycles. The van der Waals surface area contributed by atoms with E-state index in [1.807, 2.05) is 0 Å². The van der Waals surface area contributed by atoms with Crippen LogP contribution in [0.4, 0.5) is 10.1 Å². The van der Waals surface area contributed by atoms with Crippen molar-refractivity contribution in [1.29, 1.82) is 0 Å². The van der Waals surface area contributed by atoms with Gasteiger partial charge in [0.25, 0.3) is 0 Å². The number of anilines is 1. The van der Waals surface area contributed by atoms with E-state index in [2.05, 4.69) is 5.32 Å². The Labute approximate surface area is 92.4 Å². The molecule has 3 nitrogen and oxygen atoms in total. The van der Waals surface area contributed by atoms with Crippen LogP contribution in [0.1, 0.15) is 13.8 Å². The number of hydrogen-bond acceptors (Lipinski definition) is 2. The van der Waals surface area contributed by atoms with Gasteiger partial charge in [0.05, 0.1) is 5.54 Å². The van der Waals surface area contributed by atoms with Crippen molar-refractivity contribution < 1.29 is 9.18 Å². The minimum Gasteiger partial charge on any atom is -0.324 e. The van der Waals surface area contributed by atoms with Crippen LogP contribution in [0.3, 0.4) is 0 Å². The van der Waals surface area contributed by atoms with Gasteiger partial charge in [-0.3, -0.25) is 4.79 Å². The van der Waals surface area contributed by atoms with E-state index in [-0.39, 0.29) is 5.02 Å². The molecule has 15 heavy (non-hydrogen) atoms. The predicted molar refractivity (Wildman–Crippen MR) is 58.3 cm³/mol. The molecule has 0 spiro atoms. The molecular weight excluding hydrogens is 219 g/mol. The molecule has 0 saturated heterocycles. The van der Waals surface area contributed by atoms with Crippen LogP contribution >= 0.6 is 11.6 Å². The summed E-state index contributed by atoms with van der Waals surface area (Å²) in [6.45, 7) is 3.12. The summed E-state index contributed by atoms with van der Waals surface area (Å²) in [7, 11) is 0. The lowest BCUT2D eigenvalue weighted by Gasteiger charge is -2.17. The van der Waals surface area contributed by atoms with E-state index in [1.165, 1.54) is 12.1 Å². The van der Waals surface area contributed by atoms with Gasteiger partial charge in [-0.2, -0.15) is 0 Å². The largest absolute Gasteiger partial charge is 0.324 e. The van der Waals surface area contributed by atoms with Gasteiger partial charge in [0.2, 0.25) is 5.91 Å². The van der Waals surface area contributed by atoms with Crippen molar-refractivity contribution in [1.82, 2.24) is 0 Å². The molecule has 1 aromatic rings. The molecule has 82 valence electrons. The Kier molecular flexibility index (Phi) is 3.31. The first-order chi connectivity index (χ1) is 6.79. The van der Waals surface area contributed by atoms with Crippen LogP contribution in [0.15, 0.2) is 18.2 Å². The Bertz CT molecular complexity index is 367. The van der Waals surface area contributed by atoms with Gasteiger partial charge >= 0.3 is 0 Å². The fraction of sp³-hybridized carbons (Fsp3) is 0.300. The van der Waals surface area contributed by atoms with Crippen molar-refractivity contribution in [2.45, 2.75) is 19.4 Å². The van der Waals surface area contributed by atoms with Crippen LogP contribution in [-0.2, 0) is 4.79 Å². The minimum absolute atomic E-state index is 0.222. The molecule has 0 heterocycles. The van der Waals surface area contributed by atoms with Crippen molar-refractivity contribution in [2.24, 2.45) is 5.73 Å². The van der Waals surface area contributed by atoms with Gasteiger partial charge in [0, 0.05) is 10.7 Å². The van der Waals surface area contributed by atoms with Gasteiger partial charge in [-0.25, -0.2) is 4.39 Å². The smallest absolute Gasteiger partial charge is 0.243 e. The zero-order chi connectivity index (χ0) is 11.6. The molecule has 5 heteroatoms. The zero-order valence-electron chi connectivity index (χ0n) is 8.47. The summed E-state index contributed by atoms with van der Waals surface area (Å²) >= 11 is 5.63. The number of amides is 1. The number of rotatable bonds is 2. The average Bonchev–Trinajstić information content (AvgIpc) is 1.99. The molecule has 0 aliphatic heterocycles. The lowest BCUT2D eigenvalue weighted by atomic mass is 10.1.